The summed E-state index contributed by atoms with van der Waals surface area (Å²) in [6, 6.07) is 5.69. The van der Waals surface area contributed by atoms with Gasteiger partial charge in [-0.05, 0) is 61.6 Å². The first-order chi connectivity index (χ1) is 13.2. The van der Waals surface area contributed by atoms with Crippen molar-refractivity contribution in [3.05, 3.63) is 29.6 Å². The fraction of sp³-hybridized carbons (Fsp3) is 0.760. The van der Waals surface area contributed by atoms with E-state index in [1.54, 1.807) is 6.07 Å². The molecule has 2 rings (SSSR count). The second kappa shape index (κ2) is 13.2. The van der Waals surface area contributed by atoms with Gasteiger partial charge in [-0.15, -0.1) is 0 Å². The monoisotopic (exact) mass is 376 g/mol. The molecule has 1 aliphatic rings. The van der Waals surface area contributed by atoms with Crippen LogP contribution in [0.1, 0.15) is 115 Å². The first kappa shape index (κ1) is 22.2. The number of benzene rings is 1. The minimum atomic E-state index is -0.177. The van der Waals surface area contributed by atoms with Crippen molar-refractivity contribution in [1.29, 1.82) is 0 Å². The third kappa shape index (κ3) is 8.23. The predicted molar refractivity (Wildman–Crippen MR) is 114 cm³/mol. The van der Waals surface area contributed by atoms with Crippen LogP contribution in [0.15, 0.2) is 18.2 Å². The second-order valence-corrected chi connectivity index (χ2v) is 8.52. The normalized spacial score (nSPS) is 20.0. The topological polar surface area (TPSA) is 9.23 Å². The van der Waals surface area contributed by atoms with Gasteiger partial charge in [0, 0.05) is 0 Å². The molecule has 154 valence electrons. The Labute approximate surface area is 167 Å². The van der Waals surface area contributed by atoms with Crippen LogP contribution < -0.4 is 4.74 Å². The average Bonchev–Trinajstić information content (AvgIpc) is 2.69. The van der Waals surface area contributed by atoms with E-state index in [-0.39, 0.29) is 5.82 Å². The average molecular weight is 377 g/mol. The molecule has 0 amide bonds. The molecule has 0 saturated heterocycles. The van der Waals surface area contributed by atoms with Gasteiger partial charge in [-0.25, -0.2) is 4.39 Å². The van der Waals surface area contributed by atoms with Gasteiger partial charge in [0.1, 0.15) is 0 Å². The summed E-state index contributed by atoms with van der Waals surface area (Å²) < 4.78 is 20.1. The van der Waals surface area contributed by atoms with E-state index in [0.29, 0.717) is 18.3 Å². The van der Waals surface area contributed by atoms with Gasteiger partial charge >= 0.3 is 0 Å². The number of halogens is 1. The molecule has 27 heavy (non-hydrogen) atoms. The molecule has 1 saturated carbocycles. The maximum Gasteiger partial charge on any atom is 0.165 e. The Morgan fingerprint density at radius 3 is 2.22 bits per heavy atom. The van der Waals surface area contributed by atoms with Crippen molar-refractivity contribution in [1.82, 2.24) is 0 Å². The maximum atomic E-state index is 14.4. The van der Waals surface area contributed by atoms with Crippen molar-refractivity contribution in [3.8, 4) is 5.75 Å². The van der Waals surface area contributed by atoms with Crippen LogP contribution >= 0.6 is 0 Å². The van der Waals surface area contributed by atoms with E-state index >= 15 is 0 Å². The second-order valence-electron chi connectivity index (χ2n) is 8.52. The van der Waals surface area contributed by atoms with Crippen LogP contribution in [0.4, 0.5) is 4.39 Å². The van der Waals surface area contributed by atoms with E-state index in [0.717, 1.165) is 12.3 Å². The lowest BCUT2D eigenvalue weighted by atomic mass is 9.77. The molecule has 0 atom stereocenters. The van der Waals surface area contributed by atoms with Gasteiger partial charge in [0.2, 0.25) is 0 Å². The molecule has 0 aromatic heterocycles. The molecule has 1 aromatic carbocycles. The van der Waals surface area contributed by atoms with Crippen LogP contribution in [0.5, 0.6) is 5.75 Å². The van der Waals surface area contributed by atoms with E-state index in [1.807, 2.05) is 6.07 Å². The molecule has 1 aliphatic carbocycles. The smallest absolute Gasteiger partial charge is 0.165 e. The van der Waals surface area contributed by atoms with E-state index in [2.05, 4.69) is 19.9 Å². The zero-order valence-electron chi connectivity index (χ0n) is 17.8. The van der Waals surface area contributed by atoms with Gasteiger partial charge in [0.05, 0.1) is 6.61 Å². The van der Waals surface area contributed by atoms with Gasteiger partial charge in [-0.2, -0.15) is 0 Å². The summed E-state index contributed by atoms with van der Waals surface area (Å²) in [7, 11) is 0. The highest BCUT2D eigenvalue weighted by molar-refractivity contribution is 5.31. The molecule has 1 fully saturated rings. The van der Waals surface area contributed by atoms with Gasteiger partial charge in [0.25, 0.3) is 0 Å². The van der Waals surface area contributed by atoms with Crippen molar-refractivity contribution in [2.45, 2.75) is 110 Å². The van der Waals surface area contributed by atoms with Crippen molar-refractivity contribution in [3.63, 3.8) is 0 Å². The summed E-state index contributed by atoms with van der Waals surface area (Å²) in [4.78, 5) is 0. The summed E-state index contributed by atoms with van der Waals surface area (Å²) in [6.07, 6.45) is 17.9. The van der Waals surface area contributed by atoms with Crippen molar-refractivity contribution >= 4 is 0 Å². The highest BCUT2D eigenvalue weighted by atomic mass is 19.1. The zero-order chi connectivity index (χ0) is 19.3. The molecule has 1 nitrogen and oxygen atoms in total. The van der Waals surface area contributed by atoms with Gasteiger partial charge in [-0.1, -0.05) is 77.7 Å². The molecule has 0 radical (unpaired) electrons. The SMILES string of the molecule is CCCCCCCCOc1ccc(C2CCC(CCCCC)CC2)cc1F. The standard InChI is InChI=1S/C25H41FO/c1-3-5-7-8-9-11-19-27-25-18-17-23(20-24(25)26)22-15-13-21(14-16-22)12-10-6-4-2/h17-18,20-22H,3-16,19H2,1-2H3. The Bertz CT molecular complexity index is 505. The van der Waals surface area contributed by atoms with Crippen LogP contribution in [-0.4, -0.2) is 6.61 Å². The lowest BCUT2D eigenvalue weighted by Crippen LogP contribution is -2.13. The van der Waals surface area contributed by atoms with Crippen LogP contribution in [0.25, 0.3) is 0 Å². The Morgan fingerprint density at radius 2 is 1.52 bits per heavy atom. The summed E-state index contributed by atoms with van der Waals surface area (Å²) in [5.41, 5.74) is 1.17. The number of unbranched alkanes of at least 4 members (excludes halogenated alkanes) is 7. The third-order valence-electron chi connectivity index (χ3n) is 6.25. The minimum absolute atomic E-state index is 0.177. The van der Waals surface area contributed by atoms with E-state index in [4.69, 9.17) is 4.74 Å². The van der Waals surface area contributed by atoms with Crippen LogP contribution in [0.2, 0.25) is 0 Å². The van der Waals surface area contributed by atoms with E-state index < -0.39 is 0 Å². The van der Waals surface area contributed by atoms with Gasteiger partial charge in [0.15, 0.2) is 11.6 Å². The molecule has 1 aromatic rings. The quantitative estimate of drug-likeness (QED) is 0.314. The molecular weight excluding hydrogens is 335 g/mol. The van der Waals surface area contributed by atoms with Crippen LogP contribution in [-0.2, 0) is 0 Å². The summed E-state index contributed by atoms with van der Waals surface area (Å²) in [5, 5.41) is 0. The first-order valence-electron chi connectivity index (χ1n) is 11.7. The van der Waals surface area contributed by atoms with Crippen molar-refractivity contribution in [2.24, 2.45) is 5.92 Å². The third-order valence-corrected chi connectivity index (χ3v) is 6.25. The van der Waals surface area contributed by atoms with E-state index in [9.17, 15) is 4.39 Å². The maximum absolute atomic E-state index is 14.4. The fourth-order valence-electron chi connectivity index (χ4n) is 4.42. The largest absolute Gasteiger partial charge is 0.491 e. The van der Waals surface area contributed by atoms with Gasteiger partial charge < -0.3 is 4.74 Å². The Kier molecular flexibility index (Phi) is 10.9. The molecule has 0 unspecified atom stereocenters. The molecular formula is C25H41FO. The molecule has 0 aliphatic heterocycles. The number of hydrogen-bond donors (Lipinski definition) is 0. The van der Waals surface area contributed by atoms with Crippen molar-refractivity contribution < 1.29 is 9.13 Å². The number of rotatable bonds is 13. The van der Waals surface area contributed by atoms with Gasteiger partial charge in [-0.3, -0.25) is 0 Å². The highest BCUT2D eigenvalue weighted by Gasteiger charge is 2.22. The predicted octanol–water partition coefficient (Wildman–Crippen LogP) is 8.42. The molecule has 0 N–H and O–H groups in total. The molecule has 0 spiro atoms. The van der Waals surface area contributed by atoms with Crippen LogP contribution in [0, 0.1) is 11.7 Å². The number of ether oxygens (including phenoxy) is 1. The number of hydrogen-bond acceptors (Lipinski definition) is 1. The molecule has 0 bridgehead atoms. The van der Waals surface area contributed by atoms with E-state index in [1.165, 1.54) is 89.0 Å². The first-order valence-corrected chi connectivity index (χ1v) is 11.7. The molecule has 0 heterocycles. The molecule has 2 heteroatoms. The fourth-order valence-corrected chi connectivity index (χ4v) is 4.42. The van der Waals surface area contributed by atoms with Crippen molar-refractivity contribution in [2.75, 3.05) is 6.61 Å². The lowest BCUT2D eigenvalue weighted by molar-refractivity contribution is 0.287. The van der Waals surface area contributed by atoms with Crippen LogP contribution in [0.3, 0.4) is 0 Å². The zero-order valence-corrected chi connectivity index (χ0v) is 17.8. The lowest BCUT2D eigenvalue weighted by Gasteiger charge is -2.29. The summed E-state index contributed by atoms with van der Waals surface area (Å²) in [6.45, 7) is 5.13. The Morgan fingerprint density at radius 1 is 0.852 bits per heavy atom. The Hall–Kier alpha value is -1.05. The highest BCUT2D eigenvalue weighted by Crippen LogP contribution is 2.38. The Balaban J connectivity index is 1.70. The minimum Gasteiger partial charge on any atom is -0.491 e. The summed E-state index contributed by atoms with van der Waals surface area (Å²) >= 11 is 0. The summed E-state index contributed by atoms with van der Waals surface area (Å²) in [5.74, 6) is 1.69.